The molecule has 0 bridgehead atoms. The number of rotatable bonds is 4. The fraction of sp³-hybridized carbons (Fsp3) is 0.0577. The standard InChI is InChI=1S/C52H36N2/c1-52(2)45-27-11-10-23-38(45)42-31-43-44(32-46(42)52)49(40-24-8-9-25-41(40)50(43)39-26-15-17-33-16-6-7-22-37(33)39)34-18-14-19-35(30-34)51-53-47-28-12-13-29-48(47)54(51)36-20-4-3-5-21-36/h3-32H,1-2H3. The average molecular weight is 689 g/mol. The average Bonchev–Trinajstić information content (AvgIpc) is 3.72. The molecule has 0 aliphatic heterocycles. The lowest BCUT2D eigenvalue weighted by atomic mass is 9.79. The zero-order valence-electron chi connectivity index (χ0n) is 30.2. The number of para-hydroxylation sites is 3. The predicted octanol–water partition coefficient (Wildman–Crippen LogP) is 13.8. The topological polar surface area (TPSA) is 17.8 Å². The second-order valence-corrected chi connectivity index (χ2v) is 15.1. The molecule has 1 aromatic heterocycles. The first-order valence-corrected chi connectivity index (χ1v) is 18.8. The Morgan fingerprint density at radius 3 is 1.93 bits per heavy atom. The van der Waals surface area contributed by atoms with Gasteiger partial charge in [0.1, 0.15) is 5.82 Å². The molecule has 0 N–H and O–H groups in total. The molecule has 0 atom stereocenters. The second-order valence-electron chi connectivity index (χ2n) is 15.1. The molecule has 9 aromatic carbocycles. The lowest BCUT2D eigenvalue weighted by Crippen LogP contribution is -2.14. The Hall–Kier alpha value is -6.77. The summed E-state index contributed by atoms with van der Waals surface area (Å²) < 4.78 is 2.29. The van der Waals surface area contributed by atoms with Crippen LogP contribution in [0.5, 0.6) is 0 Å². The highest BCUT2D eigenvalue weighted by Crippen LogP contribution is 2.53. The summed E-state index contributed by atoms with van der Waals surface area (Å²) in [4.78, 5) is 5.25. The van der Waals surface area contributed by atoms with E-state index in [-0.39, 0.29) is 5.41 Å². The van der Waals surface area contributed by atoms with Crippen LogP contribution in [0, 0.1) is 0 Å². The van der Waals surface area contributed by atoms with E-state index in [9.17, 15) is 0 Å². The van der Waals surface area contributed by atoms with Crippen LogP contribution in [-0.2, 0) is 5.41 Å². The third-order valence-electron chi connectivity index (χ3n) is 11.8. The molecule has 54 heavy (non-hydrogen) atoms. The summed E-state index contributed by atoms with van der Waals surface area (Å²) in [6, 6.07) is 66.6. The fourth-order valence-corrected chi connectivity index (χ4v) is 9.29. The Kier molecular flexibility index (Phi) is 6.63. The van der Waals surface area contributed by atoms with Crippen LogP contribution in [0.3, 0.4) is 0 Å². The molecule has 11 rings (SSSR count). The molecule has 0 saturated heterocycles. The van der Waals surface area contributed by atoms with E-state index in [1.807, 2.05) is 0 Å². The van der Waals surface area contributed by atoms with Gasteiger partial charge in [-0.3, -0.25) is 4.57 Å². The fourth-order valence-electron chi connectivity index (χ4n) is 9.29. The largest absolute Gasteiger partial charge is 0.292 e. The quantitative estimate of drug-likeness (QED) is 0.168. The molecule has 0 fully saturated rings. The van der Waals surface area contributed by atoms with Crippen molar-refractivity contribution in [3.8, 4) is 50.5 Å². The normalized spacial score (nSPS) is 13.1. The van der Waals surface area contributed by atoms with Gasteiger partial charge in [0.05, 0.1) is 11.0 Å². The lowest BCUT2D eigenvalue weighted by molar-refractivity contribution is 0.661. The van der Waals surface area contributed by atoms with Crippen molar-refractivity contribution < 1.29 is 0 Å². The Bertz CT molecular complexity index is 3120. The van der Waals surface area contributed by atoms with E-state index in [1.54, 1.807) is 0 Å². The first-order chi connectivity index (χ1) is 26.6. The number of imidazole rings is 1. The van der Waals surface area contributed by atoms with E-state index < -0.39 is 0 Å². The minimum Gasteiger partial charge on any atom is -0.292 e. The highest BCUT2D eigenvalue weighted by atomic mass is 15.1. The van der Waals surface area contributed by atoms with E-state index in [4.69, 9.17) is 4.98 Å². The molecule has 1 heterocycles. The number of hydrogen-bond donors (Lipinski definition) is 0. The van der Waals surface area contributed by atoms with E-state index in [0.717, 1.165) is 28.1 Å². The van der Waals surface area contributed by atoms with Crippen LogP contribution in [0.1, 0.15) is 25.0 Å². The Balaban J connectivity index is 1.25. The van der Waals surface area contributed by atoms with Gasteiger partial charge >= 0.3 is 0 Å². The molecule has 1 aliphatic carbocycles. The summed E-state index contributed by atoms with van der Waals surface area (Å²) >= 11 is 0. The minimum absolute atomic E-state index is 0.134. The molecule has 10 aromatic rings. The highest BCUT2D eigenvalue weighted by Gasteiger charge is 2.36. The van der Waals surface area contributed by atoms with Crippen molar-refractivity contribution in [2.24, 2.45) is 0 Å². The molecule has 0 radical (unpaired) electrons. The van der Waals surface area contributed by atoms with Crippen molar-refractivity contribution in [2.45, 2.75) is 19.3 Å². The van der Waals surface area contributed by atoms with Gasteiger partial charge in [-0.05, 0) is 119 Å². The van der Waals surface area contributed by atoms with Crippen LogP contribution >= 0.6 is 0 Å². The van der Waals surface area contributed by atoms with Gasteiger partial charge in [-0.1, -0.05) is 153 Å². The third-order valence-corrected chi connectivity index (χ3v) is 11.8. The number of aromatic nitrogens is 2. The lowest BCUT2D eigenvalue weighted by Gasteiger charge is -2.24. The maximum absolute atomic E-state index is 5.25. The first-order valence-electron chi connectivity index (χ1n) is 18.8. The first kappa shape index (κ1) is 30.8. The van der Waals surface area contributed by atoms with E-state index in [2.05, 4.69) is 200 Å². The molecule has 2 nitrogen and oxygen atoms in total. The van der Waals surface area contributed by atoms with Gasteiger partial charge in [0.25, 0.3) is 0 Å². The van der Waals surface area contributed by atoms with Gasteiger partial charge in [-0.25, -0.2) is 4.98 Å². The van der Waals surface area contributed by atoms with Gasteiger partial charge in [-0.15, -0.1) is 0 Å². The zero-order chi connectivity index (χ0) is 36.0. The summed E-state index contributed by atoms with van der Waals surface area (Å²) in [7, 11) is 0. The minimum atomic E-state index is -0.134. The van der Waals surface area contributed by atoms with Crippen molar-refractivity contribution in [1.29, 1.82) is 0 Å². The second kappa shape index (κ2) is 11.6. The number of benzene rings is 9. The summed E-state index contributed by atoms with van der Waals surface area (Å²) in [6.07, 6.45) is 0. The maximum atomic E-state index is 5.25. The van der Waals surface area contributed by atoms with Crippen molar-refractivity contribution in [2.75, 3.05) is 0 Å². The van der Waals surface area contributed by atoms with E-state index in [0.29, 0.717) is 0 Å². The SMILES string of the molecule is CC1(C)c2ccccc2-c2cc3c(-c4cccc5ccccc45)c4ccccc4c(-c4cccc(-c5nc6ccccc6n5-c5ccccc5)c4)c3cc21. The van der Waals surface area contributed by atoms with Crippen molar-refractivity contribution in [3.05, 3.63) is 193 Å². The molecular weight excluding hydrogens is 653 g/mol. The summed E-state index contributed by atoms with van der Waals surface area (Å²) in [5.41, 5.74) is 14.5. The molecule has 1 aliphatic rings. The number of fused-ring (bicyclic) bond motifs is 7. The van der Waals surface area contributed by atoms with Gasteiger partial charge in [0, 0.05) is 16.7 Å². The number of hydrogen-bond acceptors (Lipinski definition) is 1. The molecule has 254 valence electrons. The van der Waals surface area contributed by atoms with Gasteiger partial charge in [-0.2, -0.15) is 0 Å². The van der Waals surface area contributed by atoms with Crippen LogP contribution in [0.2, 0.25) is 0 Å². The maximum Gasteiger partial charge on any atom is 0.145 e. The Morgan fingerprint density at radius 2 is 1.06 bits per heavy atom. The molecule has 0 amide bonds. The molecule has 0 saturated carbocycles. The monoisotopic (exact) mass is 688 g/mol. The zero-order valence-corrected chi connectivity index (χ0v) is 30.2. The molecular formula is C52H36N2. The smallest absolute Gasteiger partial charge is 0.145 e. The predicted molar refractivity (Wildman–Crippen MR) is 227 cm³/mol. The third kappa shape index (κ3) is 4.44. The molecule has 0 spiro atoms. The molecule has 0 unspecified atom stereocenters. The van der Waals surface area contributed by atoms with Crippen LogP contribution < -0.4 is 0 Å². The summed E-state index contributed by atoms with van der Waals surface area (Å²) in [5.74, 6) is 0.933. The van der Waals surface area contributed by atoms with Crippen molar-refractivity contribution >= 4 is 43.4 Å². The highest BCUT2D eigenvalue weighted by molar-refractivity contribution is 6.24. The Morgan fingerprint density at radius 1 is 0.426 bits per heavy atom. The number of nitrogens with zero attached hydrogens (tertiary/aromatic N) is 2. The summed E-state index contributed by atoms with van der Waals surface area (Å²) in [5, 5.41) is 7.55. The Labute approximate surface area is 314 Å². The van der Waals surface area contributed by atoms with E-state index >= 15 is 0 Å². The van der Waals surface area contributed by atoms with Crippen LogP contribution in [0.4, 0.5) is 0 Å². The van der Waals surface area contributed by atoms with E-state index in [1.165, 1.54) is 76.8 Å². The van der Waals surface area contributed by atoms with Crippen molar-refractivity contribution in [1.82, 2.24) is 9.55 Å². The van der Waals surface area contributed by atoms with Crippen LogP contribution in [0.15, 0.2) is 182 Å². The van der Waals surface area contributed by atoms with Gasteiger partial charge in [0.2, 0.25) is 0 Å². The van der Waals surface area contributed by atoms with Crippen molar-refractivity contribution in [3.63, 3.8) is 0 Å². The molecule has 2 heteroatoms. The van der Waals surface area contributed by atoms with Gasteiger partial charge in [0.15, 0.2) is 0 Å². The van der Waals surface area contributed by atoms with Crippen LogP contribution in [0.25, 0.3) is 93.8 Å². The summed E-state index contributed by atoms with van der Waals surface area (Å²) in [6.45, 7) is 4.76. The van der Waals surface area contributed by atoms with Gasteiger partial charge < -0.3 is 0 Å². The van der Waals surface area contributed by atoms with Crippen LogP contribution in [-0.4, -0.2) is 9.55 Å².